The van der Waals surface area contributed by atoms with Crippen molar-refractivity contribution in [1.82, 2.24) is 51.2 Å². The fourth-order valence-corrected chi connectivity index (χ4v) is 13.9. The summed E-state index contributed by atoms with van der Waals surface area (Å²) >= 11 is 9.65. The summed E-state index contributed by atoms with van der Waals surface area (Å²) in [4.78, 5) is 87.0. The summed E-state index contributed by atoms with van der Waals surface area (Å²) in [6.07, 6.45) is 8.61. The monoisotopic (exact) mass is 1810 g/mol. The van der Waals surface area contributed by atoms with E-state index in [4.69, 9.17) is 57.5 Å². The first-order valence-corrected chi connectivity index (χ1v) is 39.5. The zero-order valence-corrected chi connectivity index (χ0v) is 69.5. The van der Waals surface area contributed by atoms with Crippen LogP contribution in [0.2, 0.25) is 0 Å². The molecule has 0 spiro atoms. The molecular formula is C82H90Br3F6N15O11. The Bertz CT molecular complexity index is 4960. The highest BCUT2D eigenvalue weighted by molar-refractivity contribution is 9.11. The number of amides is 4. The number of anilines is 3. The second-order valence-electron chi connectivity index (χ2n) is 29.4. The predicted molar refractivity (Wildman–Crippen MR) is 438 cm³/mol. The second kappa shape index (κ2) is 41.7. The number of alkyl carbamates (subject to hydrolysis) is 2. The van der Waals surface area contributed by atoms with E-state index in [0.717, 1.165) is 61.7 Å². The number of carbonyl (C=O) groups excluding carboxylic acids is 4. The molecule has 3 aromatic heterocycles. The lowest BCUT2D eigenvalue weighted by molar-refractivity contribution is 0.0511. The topological polar surface area (TPSA) is 407 Å². The molecule has 9 aromatic rings. The first-order chi connectivity index (χ1) is 55.5. The zero-order valence-electron chi connectivity index (χ0n) is 64.7. The van der Waals surface area contributed by atoms with E-state index >= 15 is 4.39 Å². The fraction of sp³-hybridized carbons (Fsp3) is 0.354. The first-order valence-electron chi connectivity index (χ1n) is 37.1. The van der Waals surface area contributed by atoms with Crippen molar-refractivity contribution in [1.29, 1.82) is 0 Å². The Hall–Kier alpha value is -10.3. The van der Waals surface area contributed by atoms with Crippen molar-refractivity contribution in [2.45, 2.75) is 127 Å². The molecule has 12 rings (SSSR count). The molecule has 3 saturated heterocycles. The third-order valence-corrected chi connectivity index (χ3v) is 19.6. The molecule has 0 aliphatic carbocycles. The van der Waals surface area contributed by atoms with E-state index in [1.165, 1.54) is 72.8 Å². The third kappa shape index (κ3) is 26.9. The van der Waals surface area contributed by atoms with Crippen LogP contribution in [-0.2, 0) is 23.7 Å². The molecule has 0 radical (unpaired) electrons. The van der Waals surface area contributed by atoms with Gasteiger partial charge in [-0.15, -0.1) is 0 Å². The van der Waals surface area contributed by atoms with Gasteiger partial charge < -0.3 is 78.7 Å². The number of hydrogen-bond acceptors (Lipinski definition) is 21. The van der Waals surface area contributed by atoms with Gasteiger partial charge in [0.2, 0.25) is 0 Å². The summed E-state index contributed by atoms with van der Waals surface area (Å²) in [7, 11) is 0. The lowest BCUT2D eigenvalue weighted by atomic mass is 9.96. The van der Waals surface area contributed by atoms with Gasteiger partial charge in [0.25, 0.3) is 11.8 Å². The number of benzene rings is 6. The maximum atomic E-state index is 15.3. The van der Waals surface area contributed by atoms with E-state index in [1.807, 2.05) is 0 Å². The molecule has 3 atom stereocenters. The Morgan fingerprint density at radius 2 is 0.786 bits per heavy atom. The summed E-state index contributed by atoms with van der Waals surface area (Å²) in [5, 5.41) is 19.4. The van der Waals surface area contributed by atoms with Gasteiger partial charge >= 0.3 is 18.2 Å². The van der Waals surface area contributed by atoms with Gasteiger partial charge in [-0.05, 0) is 188 Å². The minimum Gasteiger partial charge on any atom is -0.478 e. The number of nitrogens with zero attached hydrogens (tertiary/aromatic N) is 6. The highest BCUT2D eigenvalue weighted by atomic mass is 79.9. The molecule has 6 heterocycles. The van der Waals surface area contributed by atoms with Crippen molar-refractivity contribution in [3.63, 3.8) is 0 Å². The van der Waals surface area contributed by atoms with Crippen LogP contribution in [0.5, 0.6) is 0 Å². The summed E-state index contributed by atoms with van der Waals surface area (Å²) < 4.78 is 113. The van der Waals surface area contributed by atoms with Crippen molar-refractivity contribution in [2.24, 2.45) is 11.5 Å². The first kappa shape index (κ1) is 90.6. The Kier molecular flexibility index (Phi) is 32.3. The van der Waals surface area contributed by atoms with Crippen LogP contribution < -0.4 is 49.9 Å². The number of rotatable bonds is 19. The molecule has 117 heavy (non-hydrogen) atoms. The van der Waals surface area contributed by atoms with Gasteiger partial charge in [-0.2, -0.15) is 0 Å². The summed E-state index contributed by atoms with van der Waals surface area (Å²) in [5.74, 6) is -5.44. The number of carboxylic acids is 1. The van der Waals surface area contributed by atoms with Gasteiger partial charge in [-0.3, -0.25) is 9.59 Å². The van der Waals surface area contributed by atoms with Gasteiger partial charge in [-0.1, -0.05) is 66.0 Å². The summed E-state index contributed by atoms with van der Waals surface area (Å²) in [6.45, 7) is 14.4. The SMILES string of the molecule is CC(C)(C)OC(=O)NC[C@@H](N)c1cc(F)cc(Br)c1.CC(C)(C)OC(=O)NC[C@@H](NC(=O)c1ccc(-c2nc(C3CCOCC3)cnc2N)cc1F)c1cc(F)cc(Br)c1.NC[C@@H](NC(=O)c1ccc(-c2nc(C3CCOCC3)cnc2N)cc1F)c1cc(F)cc(Br)c1.Nc1ncc(C2CCOCC2)nc1-c1ccc(C(=O)O)c(F)c1. The van der Waals surface area contributed by atoms with Gasteiger partial charge in [0.1, 0.15) is 80.6 Å². The van der Waals surface area contributed by atoms with Crippen molar-refractivity contribution >= 4 is 95.2 Å². The molecule has 3 aliphatic rings. The number of nitrogens with one attached hydrogen (secondary N) is 4. The molecular weight excluding hydrogens is 1720 g/mol. The Labute approximate surface area is 696 Å². The number of carboxylic acid groups (broad SMARTS) is 1. The van der Waals surface area contributed by atoms with Crippen LogP contribution in [0.25, 0.3) is 33.8 Å². The quantitative estimate of drug-likeness (QED) is 0.0336. The van der Waals surface area contributed by atoms with Gasteiger partial charge in [-0.25, -0.2) is 70.6 Å². The molecule has 0 saturated carbocycles. The lowest BCUT2D eigenvalue weighted by Gasteiger charge is -2.23. The van der Waals surface area contributed by atoms with E-state index < -0.39 is 88.4 Å². The third-order valence-electron chi connectivity index (χ3n) is 18.3. The summed E-state index contributed by atoms with van der Waals surface area (Å²) in [6, 6.07) is 22.6. The lowest BCUT2D eigenvalue weighted by Crippen LogP contribution is -2.40. The number of aromatic nitrogens is 6. The second-order valence-corrected chi connectivity index (χ2v) is 32.2. The highest BCUT2D eigenvalue weighted by Gasteiger charge is 2.29. The van der Waals surface area contributed by atoms with E-state index in [0.29, 0.717) is 104 Å². The van der Waals surface area contributed by atoms with E-state index in [1.54, 1.807) is 90.5 Å². The smallest absolute Gasteiger partial charge is 0.407 e. The number of nitrogen functional groups attached to an aromatic ring is 3. The highest BCUT2D eigenvalue weighted by Crippen LogP contribution is 2.35. The fourth-order valence-electron chi connectivity index (χ4n) is 12.4. The molecule has 35 heteroatoms. The maximum absolute atomic E-state index is 15.3. The molecule has 6 aromatic carbocycles. The van der Waals surface area contributed by atoms with Crippen LogP contribution in [0.4, 0.5) is 53.4 Å². The normalized spacial score (nSPS) is 14.7. The van der Waals surface area contributed by atoms with Crippen molar-refractivity contribution < 1.29 is 79.1 Å². The van der Waals surface area contributed by atoms with E-state index in [-0.39, 0.29) is 77.3 Å². The molecule has 4 amide bonds. The standard InChI is InChI=1S/C29H32BrF2N5O4.C24H24BrF2N5O2.C16H16FN3O3.C13H18BrFN2O2/c1-29(2,3)41-28(39)35-15-24(18-10-19(30)13-20(31)11-18)37-27(38)21-5-4-17(12-22(21)32)25-26(33)34-14-23(36-25)16-6-8-40-9-7-16;25-16-7-15(8-17(26)10-16)20(11-28)32-24(33)18-2-1-14(9-19(18)27)22-23(29)30-12-21(31-22)13-3-5-34-6-4-13;17-12-7-10(1-2-11(12)16(21)22)14-15(18)19-8-13(20-14)9-3-5-23-6-4-9;1-13(2,3)19-12(18)17-7-11(16)8-4-9(14)6-10(15)5-8/h4-5,10-14,16,24H,6-9,15H2,1-3H3,(H2,33,34)(H,35,39)(H,37,38);1-2,7-10,12-13,20H,3-6,11,28H2,(H2,29,30)(H,32,33);1-2,7-9H,3-6H2,(H2,18,19)(H,21,22);4-6,11H,7,16H2,1-3H3,(H,17,18)/t24-;20-;;11-/m11.1/s1. The molecule has 3 fully saturated rings. The average Bonchev–Trinajstić information content (AvgIpc) is 0.806. The van der Waals surface area contributed by atoms with Crippen LogP contribution in [0.3, 0.4) is 0 Å². The predicted octanol–water partition coefficient (Wildman–Crippen LogP) is 15.3. The Morgan fingerprint density at radius 1 is 0.470 bits per heavy atom. The minimum absolute atomic E-state index is 0.00641. The number of halogens is 9. The van der Waals surface area contributed by atoms with Crippen molar-refractivity contribution in [2.75, 3.05) is 76.5 Å². The van der Waals surface area contributed by atoms with E-state index in [9.17, 15) is 45.9 Å². The number of nitrogens with two attached hydrogens (primary N) is 5. The van der Waals surface area contributed by atoms with Gasteiger partial charge in [0, 0.05) is 113 Å². The molecule has 15 N–H and O–H groups in total. The number of carbonyl (C=O) groups is 5. The van der Waals surface area contributed by atoms with Crippen LogP contribution in [0.15, 0.2) is 141 Å². The maximum Gasteiger partial charge on any atom is 0.407 e. The van der Waals surface area contributed by atoms with Gasteiger partial charge in [0.05, 0.1) is 64.4 Å². The number of hydrogen-bond donors (Lipinski definition) is 10. The minimum atomic E-state index is -1.32. The van der Waals surface area contributed by atoms with Gasteiger partial charge in [0.15, 0.2) is 0 Å². The molecule has 0 unspecified atom stereocenters. The Morgan fingerprint density at radius 3 is 1.11 bits per heavy atom. The molecule has 622 valence electrons. The molecule has 3 aliphatic heterocycles. The van der Waals surface area contributed by atoms with Crippen molar-refractivity contribution in [3.05, 3.63) is 227 Å². The number of ether oxygens (including phenoxy) is 5. The van der Waals surface area contributed by atoms with Crippen LogP contribution in [0.1, 0.15) is 181 Å². The summed E-state index contributed by atoms with van der Waals surface area (Å²) in [5.41, 5.74) is 33.5. The Balaban J connectivity index is 0.000000186. The van der Waals surface area contributed by atoms with E-state index in [2.05, 4.69) is 99.0 Å². The zero-order chi connectivity index (χ0) is 85.0. The van der Waals surface area contributed by atoms with Crippen LogP contribution in [-0.4, -0.2) is 135 Å². The average molecular weight is 1820 g/mol. The van der Waals surface area contributed by atoms with Crippen LogP contribution in [0, 0.1) is 34.9 Å². The molecule has 0 bridgehead atoms. The largest absolute Gasteiger partial charge is 0.478 e. The van der Waals surface area contributed by atoms with Crippen molar-refractivity contribution in [3.8, 4) is 33.8 Å². The molecule has 26 nitrogen and oxygen atoms in total. The number of aromatic carboxylic acids is 1. The van der Waals surface area contributed by atoms with Crippen LogP contribution >= 0.6 is 47.8 Å².